The Bertz CT molecular complexity index is 1530. The second-order valence-electron chi connectivity index (χ2n) is 12.9. The smallest absolute Gasteiger partial charge is 0.411 e. The number of halogens is 8. The molecule has 268 valence electrons. The van der Waals surface area contributed by atoms with Gasteiger partial charge in [-0.2, -0.15) is 0 Å². The predicted octanol–water partition coefficient (Wildman–Crippen LogP) is 7.67. The van der Waals surface area contributed by atoms with Gasteiger partial charge in [0.2, 0.25) is 11.8 Å². The lowest BCUT2D eigenvalue weighted by atomic mass is 9.91. The van der Waals surface area contributed by atoms with E-state index in [0.717, 1.165) is 23.4 Å². The first-order chi connectivity index (χ1) is 21.9. The number of methoxy groups -OCH3 is 1. The summed E-state index contributed by atoms with van der Waals surface area (Å²) in [5.74, 6) is -6.07. The van der Waals surface area contributed by atoms with Gasteiger partial charge in [0.15, 0.2) is 0 Å². The Morgan fingerprint density at radius 2 is 1.65 bits per heavy atom. The Balaban J connectivity index is 1.85. The second kappa shape index (κ2) is 12.3. The molecule has 2 aromatic rings. The molecule has 0 bridgehead atoms. The molecular weight excluding hydrogens is 680 g/mol. The SMILES string of the molecule is CO[C@@H]1C[C@H](C(=O)N(c2ccc(S(F)(F)(F)(F)F)cc2)C(C(=O)NC2CCC(F)(F)CC2)c2cncc(F)c2)N(C(=O)OC(C)(C)C)C1. The lowest BCUT2D eigenvalue weighted by molar-refractivity contribution is -0.129. The number of likely N-dealkylation sites (tertiary alicyclic amines) is 1. The molecule has 1 saturated heterocycles. The topological polar surface area (TPSA) is 101 Å². The van der Waals surface area contributed by atoms with Crippen LogP contribution in [0, 0.1) is 5.82 Å². The molecule has 0 spiro atoms. The molecule has 3 atom stereocenters. The highest BCUT2D eigenvalue weighted by Crippen LogP contribution is 3.02. The number of rotatable bonds is 8. The number of ether oxygens (including phenoxy) is 2. The van der Waals surface area contributed by atoms with E-state index < -0.39 is 93.1 Å². The molecule has 1 saturated carbocycles. The van der Waals surface area contributed by atoms with Crippen LogP contribution in [0.15, 0.2) is 47.6 Å². The van der Waals surface area contributed by atoms with Gasteiger partial charge < -0.3 is 14.8 Å². The van der Waals surface area contributed by atoms with E-state index >= 15 is 0 Å². The van der Waals surface area contributed by atoms with Crippen LogP contribution in [0.2, 0.25) is 0 Å². The fourth-order valence-electron chi connectivity index (χ4n) is 5.61. The van der Waals surface area contributed by atoms with Crippen LogP contribution in [0.1, 0.15) is 64.5 Å². The first-order valence-corrected chi connectivity index (χ1v) is 16.8. The van der Waals surface area contributed by atoms with Gasteiger partial charge in [-0.25, -0.2) is 18.0 Å². The van der Waals surface area contributed by atoms with Crippen molar-refractivity contribution >= 4 is 33.8 Å². The van der Waals surface area contributed by atoms with Gasteiger partial charge in [0.25, 0.3) is 5.91 Å². The van der Waals surface area contributed by atoms with E-state index in [-0.39, 0.29) is 43.5 Å². The number of benzene rings is 1. The monoisotopic (exact) mass is 716 g/mol. The molecule has 1 N–H and O–H groups in total. The van der Waals surface area contributed by atoms with Gasteiger partial charge >= 0.3 is 16.3 Å². The largest absolute Gasteiger partial charge is 0.444 e. The number of nitrogens with one attached hydrogen (secondary N) is 1. The average molecular weight is 717 g/mol. The van der Waals surface area contributed by atoms with Crippen molar-refractivity contribution < 1.29 is 56.5 Å². The fourth-order valence-corrected chi connectivity index (χ4v) is 6.26. The summed E-state index contributed by atoms with van der Waals surface area (Å²) in [5, 5.41) is 2.56. The summed E-state index contributed by atoms with van der Waals surface area (Å²) in [6.45, 7) is 4.53. The van der Waals surface area contributed by atoms with Gasteiger partial charge in [0.05, 0.1) is 18.8 Å². The van der Waals surface area contributed by atoms with Crippen molar-refractivity contribution in [1.29, 1.82) is 0 Å². The maximum absolute atomic E-state index is 14.5. The van der Waals surface area contributed by atoms with Gasteiger partial charge in [0, 0.05) is 49.9 Å². The van der Waals surface area contributed by atoms with E-state index in [2.05, 4.69) is 10.3 Å². The van der Waals surface area contributed by atoms with Crippen molar-refractivity contribution in [1.82, 2.24) is 15.2 Å². The zero-order chi connectivity index (χ0) is 35.9. The molecule has 2 heterocycles. The number of carbonyl (C=O) groups excluding carboxylic acids is 3. The van der Waals surface area contributed by atoms with E-state index in [1.807, 2.05) is 0 Å². The molecule has 1 aliphatic heterocycles. The van der Waals surface area contributed by atoms with Crippen molar-refractivity contribution in [2.24, 2.45) is 0 Å². The molecule has 3 amide bonds. The predicted molar refractivity (Wildman–Crippen MR) is 160 cm³/mol. The molecule has 18 heteroatoms. The van der Waals surface area contributed by atoms with Crippen LogP contribution < -0.4 is 10.2 Å². The van der Waals surface area contributed by atoms with Crippen LogP contribution in [-0.4, -0.2) is 71.2 Å². The molecule has 4 rings (SSSR count). The third kappa shape index (κ3) is 9.06. The fraction of sp³-hybridized carbons (Fsp3) is 0.533. The third-order valence-electron chi connectivity index (χ3n) is 7.92. The van der Waals surface area contributed by atoms with Crippen molar-refractivity contribution in [3.05, 3.63) is 54.1 Å². The number of hydrogen-bond donors (Lipinski definition) is 1. The number of pyridine rings is 1. The van der Waals surface area contributed by atoms with Gasteiger partial charge in [-0.15, -0.1) is 0 Å². The maximum Gasteiger partial charge on any atom is 0.411 e. The van der Waals surface area contributed by atoms with Crippen LogP contribution >= 0.6 is 10.2 Å². The van der Waals surface area contributed by atoms with E-state index in [0.29, 0.717) is 17.0 Å². The first-order valence-electron chi connectivity index (χ1n) is 14.9. The molecule has 2 fully saturated rings. The lowest BCUT2D eigenvalue weighted by Crippen LogP contribution is -2.54. The molecule has 1 unspecified atom stereocenters. The van der Waals surface area contributed by atoms with Crippen LogP contribution in [0.5, 0.6) is 0 Å². The lowest BCUT2D eigenvalue weighted by Gasteiger charge is -2.41. The van der Waals surface area contributed by atoms with Gasteiger partial charge in [-0.1, -0.05) is 19.4 Å². The van der Waals surface area contributed by atoms with E-state index in [9.17, 15) is 47.0 Å². The normalized spacial score (nSPS) is 22.3. The van der Waals surface area contributed by atoms with E-state index in [4.69, 9.17) is 9.47 Å². The first kappa shape index (κ1) is 37.2. The molecule has 1 aromatic carbocycles. The molecule has 48 heavy (non-hydrogen) atoms. The van der Waals surface area contributed by atoms with Crippen molar-refractivity contribution in [3.63, 3.8) is 0 Å². The molecule has 1 aromatic heterocycles. The number of amides is 3. The highest BCUT2D eigenvalue weighted by Gasteiger charge is 2.65. The summed E-state index contributed by atoms with van der Waals surface area (Å²) in [6, 6.07) is -2.22. The number of anilines is 1. The Labute approximate surface area is 271 Å². The molecule has 1 aliphatic carbocycles. The highest BCUT2D eigenvalue weighted by atomic mass is 32.5. The standard InChI is InChI=1S/C30H36F8N4O5S/c1-29(2,3)47-28(45)41-17-22(46-4)14-24(41)27(44)42(21-5-7-23(8-6-21)48(34,35,36,37)38)25(18-13-19(31)16-39-15-18)26(43)40-20-9-11-30(32,33)12-10-20/h5-8,13,15-16,20,22,24-25H,9-12,14,17H2,1-4H3,(H,40,43)/t22-,24-,25?/m1/s1. The summed E-state index contributed by atoms with van der Waals surface area (Å²) in [5.41, 5.74) is -1.82. The van der Waals surface area contributed by atoms with Gasteiger partial charge in [-0.3, -0.25) is 24.4 Å². The van der Waals surface area contributed by atoms with Crippen molar-refractivity contribution in [2.45, 2.75) is 93.5 Å². The zero-order valence-corrected chi connectivity index (χ0v) is 27.2. The molecular formula is C30H36F8N4O5S. The number of alkyl halides is 2. The number of nitrogens with zero attached hydrogens (tertiary/aromatic N) is 3. The minimum Gasteiger partial charge on any atom is -0.444 e. The van der Waals surface area contributed by atoms with Crippen LogP contribution in [0.4, 0.5) is 43.1 Å². The minimum absolute atomic E-state index is 0.0391. The van der Waals surface area contributed by atoms with E-state index in [1.165, 1.54) is 7.11 Å². The van der Waals surface area contributed by atoms with Crippen molar-refractivity contribution in [2.75, 3.05) is 18.6 Å². The quantitative estimate of drug-likeness (QED) is 0.282. The van der Waals surface area contributed by atoms with Gasteiger partial charge in [-0.05, 0) is 63.9 Å². The third-order valence-corrected chi connectivity index (χ3v) is 9.08. The van der Waals surface area contributed by atoms with Crippen LogP contribution in [0.25, 0.3) is 0 Å². The average Bonchev–Trinajstić information content (AvgIpc) is 3.40. The molecule has 9 nitrogen and oxygen atoms in total. The molecule has 0 radical (unpaired) electrons. The Morgan fingerprint density at radius 3 is 2.17 bits per heavy atom. The summed E-state index contributed by atoms with van der Waals surface area (Å²) in [7, 11) is -8.87. The number of hydrogen-bond acceptors (Lipinski definition) is 6. The summed E-state index contributed by atoms with van der Waals surface area (Å²) in [4.78, 5) is 44.9. The highest BCUT2D eigenvalue weighted by molar-refractivity contribution is 8.45. The Hall–Kier alpha value is -3.67. The Morgan fingerprint density at radius 1 is 1.04 bits per heavy atom. The maximum atomic E-state index is 14.5. The molecule has 2 aliphatic rings. The van der Waals surface area contributed by atoms with E-state index in [1.54, 1.807) is 20.8 Å². The minimum atomic E-state index is -10.2. The zero-order valence-electron chi connectivity index (χ0n) is 26.4. The number of aromatic nitrogens is 1. The van der Waals surface area contributed by atoms with Gasteiger partial charge in [0.1, 0.15) is 28.4 Å². The summed E-state index contributed by atoms with van der Waals surface area (Å²) < 4.78 is 121. The number of carbonyl (C=O) groups is 3. The van der Waals surface area contributed by atoms with Crippen LogP contribution in [0.3, 0.4) is 0 Å². The Kier molecular flexibility index (Phi) is 9.55. The second-order valence-corrected chi connectivity index (χ2v) is 15.3. The summed E-state index contributed by atoms with van der Waals surface area (Å²) in [6.07, 6.45) is -1.55. The van der Waals surface area contributed by atoms with Crippen LogP contribution in [-0.2, 0) is 19.1 Å². The summed E-state index contributed by atoms with van der Waals surface area (Å²) >= 11 is 0. The van der Waals surface area contributed by atoms with Crippen molar-refractivity contribution in [3.8, 4) is 0 Å².